The summed E-state index contributed by atoms with van der Waals surface area (Å²) in [6.45, 7) is 0. The van der Waals surface area contributed by atoms with E-state index >= 15 is 0 Å². The zero-order chi connectivity index (χ0) is 20.4. The Labute approximate surface area is 167 Å². The molecule has 0 aliphatic carbocycles. The van der Waals surface area contributed by atoms with Crippen molar-refractivity contribution >= 4 is 17.1 Å². The number of nitrogens with zero attached hydrogens (tertiary/aromatic N) is 1. The molecule has 5 heteroatoms. The van der Waals surface area contributed by atoms with E-state index in [1.807, 2.05) is 36.5 Å². The Morgan fingerprint density at radius 3 is 2.07 bits per heavy atom. The lowest BCUT2D eigenvalue weighted by Gasteiger charge is -2.14. The van der Waals surface area contributed by atoms with Gasteiger partial charge in [-0.05, 0) is 60.2 Å². The lowest BCUT2D eigenvalue weighted by molar-refractivity contribution is 0.112. The van der Waals surface area contributed by atoms with Crippen LogP contribution in [-0.2, 0) is 0 Å². The van der Waals surface area contributed by atoms with E-state index < -0.39 is 0 Å². The van der Waals surface area contributed by atoms with Gasteiger partial charge in [-0.3, -0.25) is 14.2 Å². The molecule has 0 unspecified atom stereocenters. The third-order valence-corrected chi connectivity index (χ3v) is 4.93. The smallest absolute Gasteiger partial charge is 0.262 e. The van der Waals surface area contributed by atoms with E-state index in [2.05, 4.69) is 0 Å². The van der Waals surface area contributed by atoms with Crippen molar-refractivity contribution in [2.24, 2.45) is 0 Å². The van der Waals surface area contributed by atoms with Gasteiger partial charge in [0, 0.05) is 33.8 Å². The number of fused-ring (bicyclic) bond motifs is 1. The molecule has 0 saturated heterocycles. The van der Waals surface area contributed by atoms with Crippen molar-refractivity contribution in [3.05, 3.63) is 88.8 Å². The van der Waals surface area contributed by atoms with E-state index in [-0.39, 0.29) is 5.56 Å². The second-order valence-corrected chi connectivity index (χ2v) is 6.57. The molecule has 0 aliphatic rings. The van der Waals surface area contributed by atoms with Crippen LogP contribution in [0.2, 0.25) is 0 Å². The molecule has 0 N–H and O–H groups in total. The van der Waals surface area contributed by atoms with Crippen LogP contribution in [0, 0.1) is 0 Å². The van der Waals surface area contributed by atoms with E-state index in [1.54, 1.807) is 55.2 Å². The molecule has 3 aromatic carbocycles. The summed E-state index contributed by atoms with van der Waals surface area (Å²) in [7, 11) is 3.22. The number of carbonyl (C=O) groups is 1. The molecule has 0 aliphatic heterocycles. The van der Waals surface area contributed by atoms with E-state index in [0.29, 0.717) is 22.4 Å². The van der Waals surface area contributed by atoms with E-state index in [0.717, 1.165) is 28.5 Å². The predicted octanol–water partition coefficient (Wildman–Crippen LogP) is 4.49. The monoisotopic (exact) mass is 385 g/mol. The number of methoxy groups -OCH3 is 2. The number of hydrogen-bond acceptors (Lipinski definition) is 4. The summed E-state index contributed by atoms with van der Waals surface area (Å²) in [4.78, 5) is 24.2. The second-order valence-electron chi connectivity index (χ2n) is 6.57. The number of pyridine rings is 1. The molecule has 0 saturated carbocycles. The second kappa shape index (κ2) is 7.64. The third-order valence-electron chi connectivity index (χ3n) is 4.93. The first-order chi connectivity index (χ1) is 14.1. The predicted molar refractivity (Wildman–Crippen MR) is 113 cm³/mol. The molecule has 5 nitrogen and oxygen atoms in total. The van der Waals surface area contributed by atoms with Crippen molar-refractivity contribution in [2.75, 3.05) is 14.2 Å². The summed E-state index contributed by atoms with van der Waals surface area (Å²) in [5.74, 6) is 1.44. The van der Waals surface area contributed by atoms with Crippen molar-refractivity contribution in [2.45, 2.75) is 0 Å². The molecule has 144 valence electrons. The van der Waals surface area contributed by atoms with Crippen LogP contribution in [-0.4, -0.2) is 25.1 Å². The Balaban J connectivity index is 2.01. The van der Waals surface area contributed by atoms with Crippen molar-refractivity contribution in [3.8, 4) is 28.3 Å². The van der Waals surface area contributed by atoms with Gasteiger partial charge in [-0.2, -0.15) is 0 Å². The number of aldehydes is 1. The first-order valence-electron chi connectivity index (χ1n) is 9.08. The molecule has 0 radical (unpaired) electrons. The number of benzene rings is 3. The van der Waals surface area contributed by atoms with Gasteiger partial charge < -0.3 is 9.47 Å². The van der Waals surface area contributed by atoms with Gasteiger partial charge >= 0.3 is 0 Å². The van der Waals surface area contributed by atoms with E-state index in [9.17, 15) is 9.59 Å². The van der Waals surface area contributed by atoms with Crippen LogP contribution in [0.25, 0.3) is 27.6 Å². The number of ether oxygens (including phenoxy) is 2. The van der Waals surface area contributed by atoms with Crippen LogP contribution < -0.4 is 15.0 Å². The van der Waals surface area contributed by atoms with Gasteiger partial charge in [-0.15, -0.1) is 0 Å². The summed E-state index contributed by atoms with van der Waals surface area (Å²) in [6, 6.07) is 20.0. The summed E-state index contributed by atoms with van der Waals surface area (Å²) in [5.41, 5.74) is 2.94. The molecule has 0 bridgehead atoms. The van der Waals surface area contributed by atoms with Gasteiger partial charge in [0.05, 0.1) is 14.2 Å². The molecule has 1 heterocycles. The quantitative estimate of drug-likeness (QED) is 0.475. The zero-order valence-electron chi connectivity index (χ0n) is 16.1. The summed E-state index contributed by atoms with van der Waals surface area (Å²) in [6.07, 6.45) is 2.60. The molecular weight excluding hydrogens is 366 g/mol. The summed E-state index contributed by atoms with van der Waals surface area (Å²) >= 11 is 0. The standard InChI is InChI=1S/C24H19NO4/c1-28-19-9-5-17(6-10-19)23-14-25(18-7-3-16(15-26)4-8-18)24(27)21-12-11-20(29-2)13-22(21)23/h3-15H,1-2H3. The van der Waals surface area contributed by atoms with Crippen LogP contribution in [0.4, 0.5) is 0 Å². The van der Waals surface area contributed by atoms with Gasteiger partial charge in [-0.25, -0.2) is 0 Å². The highest BCUT2D eigenvalue weighted by Crippen LogP contribution is 2.31. The number of rotatable bonds is 5. The average molecular weight is 385 g/mol. The van der Waals surface area contributed by atoms with Gasteiger partial charge in [0.25, 0.3) is 5.56 Å². The lowest BCUT2D eigenvalue weighted by Crippen LogP contribution is -2.18. The maximum atomic E-state index is 13.2. The number of hydrogen-bond donors (Lipinski definition) is 0. The third kappa shape index (κ3) is 3.38. The fourth-order valence-corrected chi connectivity index (χ4v) is 3.35. The molecule has 0 fully saturated rings. The van der Waals surface area contributed by atoms with E-state index in [1.165, 1.54) is 0 Å². The Morgan fingerprint density at radius 2 is 1.45 bits per heavy atom. The number of carbonyl (C=O) groups excluding carboxylic acids is 1. The van der Waals surface area contributed by atoms with E-state index in [4.69, 9.17) is 9.47 Å². The van der Waals surface area contributed by atoms with Gasteiger partial charge in [0.1, 0.15) is 17.8 Å². The summed E-state index contributed by atoms with van der Waals surface area (Å²) < 4.78 is 12.2. The normalized spacial score (nSPS) is 10.7. The first kappa shape index (κ1) is 18.5. The molecule has 0 spiro atoms. The Hall–Kier alpha value is -3.86. The lowest BCUT2D eigenvalue weighted by atomic mass is 10.00. The minimum absolute atomic E-state index is 0.140. The van der Waals surface area contributed by atoms with Crippen molar-refractivity contribution < 1.29 is 14.3 Å². The van der Waals surface area contributed by atoms with Gasteiger partial charge in [0.2, 0.25) is 0 Å². The minimum Gasteiger partial charge on any atom is -0.497 e. The number of aromatic nitrogens is 1. The molecule has 4 rings (SSSR count). The fraction of sp³-hybridized carbons (Fsp3) is 0.0833. The average Bonchev–Trinajstić information content (AvgIpc) is 2.79. The van der Waals surface area contributed by atoms with Crippen LogP contribution in [0.15, 0.2) is 77.7 Å². The molecule has 4 aromatic rings. The van der Waals surface area contributed by atoms with Crippen molar-refractivity contribution in [1.82, 2.24) is 4.57 Å². The topological polar surface area (TPSA) is 57.5 Å². The molecule has 0 atom stereocenters. The molecule has 0 amide bonds. The van der Waals surface area contributed by atoms with Crippen LogP contribution in [0.5, 0.6) is 11.5 Å². The van der Waals surface area contributed by atoms with Crippen LogP contribution in [0.3, 0.4) is 0 Å². The minimum atomic E-state index is -0.140. The SMILES string of the molecule is COc1ccc(-c2cn(-c3ccc(C=O)cc3)c(=O)c3ccc(OC)cc23)cc1. The van der Waals surface area contributed by atoms with Gasteiger partial charge in [-0.1, -0.05) is 12.1 Å². The Bertz CT molecular complexity index is 1240. The van der Waals surface area contributed by atoms with Crippen LogP contribution >= 0.6 is 0 Å². The zero-order valence-corrected chi connectivity index (χ0v) is 16.1. The highest BCUT2D eigenvalue weighted by molar-refractivity contribution is 5.97. The largest absolute Gasteiger partial charge is 0.497 e. The van der Waals surface area contributed by atoms with Crippen LogP contribution in [0.1, 0.15) is 10.4 Å². The van der Waals surface area contributed by atoms with Gasteiger partial charge in [0.15, 0.2) is 0 Å². The highest BCUT2D eigenvalue weighted by Gasteiger charge is 2.13. The Kier molecular flexibility index (Phi) is 4.87. The first-order valence-corrected chi connectivity index (χ1v) is 9.08. The fourth-order valence-electron chi connectivity index (χ4n) is 3.35. The maximum absolute atomic E-state index is 13.2. The molecular formula is C24H19NO4. The highest BCUT2D eigenvalue weighted by atomic mass is 16.5. The molecule has 1 aromatic heterocycles. The van der Waals surface area contributed by atoms with Crippen molar-refractivity contribution in [1.29, 1.82) is 0 Å². The summed E-state index contributed by atoms with van der Waals surface area (Å²) in [5, 5.41) is 1.39. The molecule has 29 heavy (non-hydrogen) atoms. The van der Waals surface area contributed by atoms with Crippen molar-refractivity contribution in [3.63, 3.8) is 0 Å². The Morgan fingerprint density at radius 1 is 0.793 bits per heavy atom. The maximum Gasteiger partial charge on any atom is 0.262 e.